The molecule has 6 heteroatoms. The first-order chi connectivity index (χ1) is 16.2. The fraction of sp³-hybridized carbons (Fsp3) is 0.222. The van der Waals surface area contributed by atoms with Gasteiger partial charge in [0.25, 0.3) is 0 Å². The second-order valence-corrected chi connectivity index (χ2v) is 7.46. The Balaban J connectivity index is 1.51. The van der Waals surface area contributed by atoms with Gasteiger partial charge in [-0.15, -0.1) is 0 Å². The summed E-state index contributed by atoms with van der Waals surface area (Å²) in [5.41, 5.74) is 3.79. The van der Waals surface area contributed by atoms with Gasteiger partial charge in [-0.2, -0.15) is 0 Å². The molecule has 1 aliphatic heterocycles. The summed E-state index contributed by atoms with van der Waals surface area (Å²) in [4.78, 5) is 11.3. The summed E-state index contributed by atoms with van der Waals surface area (Å²) in [5, 5.41) is 9.26. The minimum absolute atomic E-state index is 0.149. The van der Waals surface area contributed by atoms with Gasteiger partial charge in [-0.05, 0) is 48.4 Å². The van der Waals surface area contributed by atoms with E-state index in [0.717, 1.165) is 33.8 Å². The van der Waals surface area contributed by atoms with Crippen molar-refractivity contribution in [2.24, 2.45) is 0 Å². The van der Waals surface area contributed by atoms with E-state index >= 15 is 0 Å². The van der Waals surface area contributed by atoms with Crippen molar-refractivity contribution in [3.8, 4) is 17.2 Å². The lowest BCUT2D eigenvalue weighted by atomic mass is 9.95. The minimum Gasteiger partial charge on any atom is -0.490 e. The van der Waals surface area contributed by atoms with Crippen molar-refractivity contribution < 1.29 is 28.8 Å². The first kappa shape index (κ1) is 22.4. The molecule has 33 heavy (non-hydrogen) atoms. The predicted octanol–water partition coefficient (Wildman–Crippen LogP) is 4.96. The van der Waals surface area contributed by atoms with Gasteiger partial charge in [0.15, 0.2) is 6.10 Å². The molecule has 4 rings (SSSR count). The molecule has 1 unspecified atom stereocenters. The second-order valence-electron chi connectivity index (χ2n) is 7.46. The number of ether oxygens (including phenoxy) is 4. The van der Waals surface area contributed by atoms with Crippen LogP contribution in [0.2, 0.25) is 0 Å². The van der Waals surface area contributed by atoms with E-state index in [1.54, 1.807) is 6.92 Å². The molecule has 0 saturated carbocycles. The first-order valence-corrected chi connectivity index (χ1v) is 10.9. The number of hydrogen-bond acceptors (Lipinski definition) is 5. The Morgan fingerprint density at radius 2 is 1.58 bits per heavy atom. The minimum atomic E-state index is -0.962. The molecule has 0 amide bonds. The summed E-state index contributed by atoms with van der Waals surface area (Å²) in [6, 6.07) is 23.1. The van der Waals surface area contributed by atoms with Crippen molar-refractivity contribution in [2.75, 3.05) is 20.0 Å². The zero-order valence-electron chi connectivity index (χ0n) is 18.4. The maximum absolute atomic E-state index is 11.3. The Kier molecular flexibility index (Phi) is 7.27. The molecule has 0 fully saturated rings. The summed E-state index contributed by atoms with van der Waals surface area (Å²) in [7, 11) is 0. The lowest BCUT2D eigenvalue weighted by Crippen LogP contribution is -2.26. The summed E-state index contributed by atoms with van der Waals surface area (Å²) in [5.74, 6) is 1.24. The van der Waals surface area contributed by atoms with E-state index in [9.17, 15) is 9.90 Å². The Morgan fingerprint density at radius 1 is 0.970 bits per heavy atom. The molecule has 170 valence electrons. The molecule has 0 saturated heterocycles. The largest absolute Gasteiger partial charge is 0.490 e. The lowest BCUT2D eigenvalue weighted by Gasteiger charge is -2.21. The zero-order valence-corrected chi connectivity index (χ0v) is 18.4. The third-order valence-electron chi connectivity index (χ3n) is 5.31. The molecule has 0 aliphatic carbocycles. The molecule has 6 nitrogen and oxygen atoms in total. The fourth-order valence-corrected chi connectivity index (χ4v) is 3.73. The van der Waals surface area contributed by atoms with Gasteiger partial charge in [0.2, 0.25) is 6.79 Å². The maximum Gasteiger partial charge on any atom is 0.333 e. The van der Waals surface area contributed by atoms with E-state index < -0.39 is 12.1 Å². The van der Waals surface area contributed by atoms with Crippen molar-refractivity contribution in [1.29, 1.82) is 0 Å². The van der Waals surface area contributed by atoms with Crippen molar-refractivity contribution in [3.05, 3.63) is 95.6 Å². The van der Waals surface area contributed by atoms with E-state index in [4.69, 9.17) is 18.9 Å². The van der Waals surface area contributed by atoms with Crippen LogP contribution in [0.4, 0.5) is 0 Å². The number of carboxylic acids is 1. The molecule has 1 N–H and O–H groups in total. The van der Waals surface area contributed by atoms with Crippen molar-refractivity contribution in [2.45, 2.75) is 19.4 Å². The van der Waals surface area contributed by atoms with Crippen LogP contribution in [0.15, 0.2) is 78.9 Å². The normalized spacial score (nSPS) is 13.3. The Labute approximate surface area is 193 Å². The standard InChI is InChI=1S/C27H26O6/c1-2-30-26(27(28)29)17-19-11-13-20(14-12-19)31-16-15-21-22-7-3-5-9-24(22)32-18-33-25-10-6-4-8-23(21)25/h3-15,26H,2,16-18H2,1H3,(H,28,29). The third-order valence-corrected chi connectivity index (χ3v) is 5.31. The Morgan fingerprint density at radius 3 is 2.15 bits per heavy atom. The van der Waals surface area contributed by atoms with Gasteiger partial charge >= 0.3 is 5.97 Å². The smallest absolute Gasteiger partial charge is 0.333 e. The van der Waals surface area contributed by atoms with Gasteiger partial charge in [-0.1, -0.05) is 48.5 Å². The summed E-state index contributed by atoms with van der Waals surface area (Å²) in [6.45, 7) is 2.63. The number of para-hydroxylation sites is 2. The van der Waals surface area contributed by atoms with E-state index in [1.165, 1.54) is 0 Å². The first-order valence-electron chi connectivity index (χ1n) is 10.9. The number of rotatable bonds is 8. The van der Waals surface area contributed by atoms with Gasteiger partial charge in [-0.25, -0.2) is 4.79 Å². The van der Waals surface area contributed by atoms with Crippen LogP contribution in [0.1, 0.15) is 23.6 Å². The molecule has 0 radical (unpaired) electrons. The zero-order chi connectivity index (χ0) is 23.0. The van der Waals surface area contributed by atoms with E-state index in [0.29, 0.717) is 25.4 Å². The number of fused-ring (bicyclic) bond motifs is 2. The number of hydrogen-bond donors (Lipinski definition) is 1. The molecular formula is C27H26O6. The highest BCUT2D eigenvalue weighted by Gasteiger charge is 2.19. The van der Waals surface area contributed by atoms with Crippen molar-refractivity contribution >= 4 is 11.5 Å². The van der Waals surface area contributed by atoms with Gasteiger partial charge in [0.1, 0.15) is 23.9 Å². The number of aliphatic carboxylic acids is 1. The van der Waals surface area contributed by atoms with Gasteiger partial charge in [-0.3, -0.25) is 0 Å². The number of carbonyl (C=O) groups is 1. The van der Waals surface area contributed by atoms with Crippen LogP contribution >= 0.6 is 0 Å². The van der Waals surface area contributed by atoms with Gasteiger partial charge in [0.05, 0.1) is 0 Å². The highest BCUT2D eigenvalue weighted by atomic mass is 16.7. The van der Waals surface area contributed by atoms with E-state index in [-0.39, 0.29) is 6.79 Å². The SMILES string of the molecule is CCOC(Cc1ccc(OCC=C2c3ccccc3OCOc3ccccc32)cc1)C(=O)O. The molecule has 3 aromatic rings. The molecule has 1 atom stereocenters. The molecule has 0 spiro atoms. The maximum atomic E-state index is 11.3. The average Bonchev–Trinajstić information content (AvgIpc) is 2.82. The predicted molar refractivity (Wildman–Crippen MR) is 125 cm³/mol. The Hall–Kier alpha value is -3.77. The highest BCUT2D eigenvalue weighted by molar-refractivity contribution is 5.85. The van der Waals surface area contributed by atoms with Crippen LogP contribution in [0.5, 0.6) is 17.2 Å². The average molecular weight is 446 g/mol. The van der Waals surface area contributed by atoms with Gasteiger partial charge in [0, 0.05) is 24.2 Å². The molecule has 1 heterocycles. The van der Waals surface area contributed by atoms with E-state index in [1.807, 2.05) is 78.9 Å². The summed E-state index contributed by atoms with van der Waals surface area (Å²) in [6.07, 6.45) is 1.47. The highest BCUT2D eigenvalue weighted by Crippen LogP contribution is 2.37. The topological polar surface area (TPSA) is 74.2 Å². The van der Waals surface area contributed by atoms with Crippen LogP contribution in [-0.4, -0.2) is 37.2 Å². The third kappa shape index (κ3) is 5.54. The molecular weight excluding hydrogens is 420 g/mol. The lowest BCUT2D eigenvalue weighted by molar-refractivity contribution is -0.149. The second kappa shape index (κ2) is 10.7. The molecule has 1 aliphatic rings. The summed E-state index contributed by atoms with van der Waals surface area (Å²) < 4.78 is 22.9. The molecule has 3 aromatic carbocycles. The van der Waals surface area contributed by atoms with Crippen LogP contribution in [-0.2, 0) is 16.0 Å². The number of benzene rings is 3. The quantitative estimate of drug-likeness (QED) is 0.527. The van der Waals surface area contributed by atoms with Crippen LogP contribution in [0.25, 0.3) is 5.57 Å². The van der Waals surface area contributed by atoms with Crippen LogP contribution in [0.3, 0.4) is 0 Å². The molecule has 0 aromatic heterocycles. The van der Waals surface area contributed by atoms with Crippen molar-refractivity contribution in [1.82, 2.24) is 0 Å². The Bertz CT molecular complexity index is 1070. The fourth-order valence-electron chi connectivity index (χ4n) is 3.73. The molecule has 0 bridgehead atoms. The summed E-state index contributed by atoms with van der Waals surface area (Å²) >= 11 is 0. The van der Waals surface area contributed by atoms with Crippen molar-refractivity contribution in [3.63, 3.8) is 0 Å². The van der Waals surface area contributed by atoms with Crippen LogP contribution < -0.4 is 14.2 Å². The van der Waals surface area contributed by atoms with Crippen LogP contribution in [0, 0.1) is 0 Å². The monoisotopic (exact) mass is 446 g/mol. The number of carboxylic acid groups (broad SMARTS) is 1. The van der Waals surface area contributed by atoms with Gasteiger partial charge < -0.3 is 24.1 Å². The van der Waals surface area contributed by atoms with E-state index in [2.05, 4.69) is 0 Å².